The number of nitrogens with zero attached hydrogens (tertiary/aromatic N) is 2. The summed E-state index contributed by atoms with van der Waals surface area (Å²) in [5.41, 5.74) is 1.56. The smallest absolute Gasteiger partial charge is 0.338 e. The van der Waals surface area contributed by atoms with Gasteiger partial charge in [-0.05, 0) is 52.5 Å². The number of ether oxygens (including phenoxy) is 1. The van der Waals surface area contributed by atoms with E-state index in [2.05, 4.69) is 15.9 Å². The number of benzene rings is 1. The van der Waals surface area contributed by atoms with Gasteiger partial charge < -0.3 is 4.74 Å². The first kappa shape index (κ1) is 22.2. The highest BCUT2D eigenvalue weighted by molar-refractivity contribution is 9.11. The van der Waals surface area contributed by atoms with Gasteiger partial charge in [0, 0.05) is 15.3 Å². The van der Waals surface area contributed by atoms with Crippen LogP contribution in [0.3, 0.4) is 0 Å². The molecule has 0 fully saturated rings. The number of thiazole rings is 1. The van der Waals surface area contributed by atoms with Gasteiger partial charge >= 0.3 is 5.97 Å². The molecule has 0 saturated heterocycles. The Morgan fingerprint density at radius 2 is 1.97 bits per heavy atom. The molecule has 0 spiro atoms. The molecule has 5 rings (SSSR count). The summed E-state index contributed by atoms with van der Waals surface area (Å²) >= 11 is 7.86. The van der Waals surface area contributed by atoms with Crippen LogP contribution in [-0.4, -0.2) is 17.1 Å². The fourth-order valence-electron chi connectivity index (χ4n) is 3.69. The summed E-state index contributed by atoms with van der Waals surface area (Å²) in [6, 6.07) is 16.7. The number of thiophene rings is 2. The van der Waals surface area contributed by atoms with E-state index in [1.807, 2.05) is 66.1 Å². The molecule has 1 atom stereocenters. The molecule has 0 aliphatic carbocycles. The minimum atomic E-state index is -0.604. The van der Waals surface area contributed by atoms with Crippen molar-refractivity contribution in [3.8, 4) is 0 Å². The number of carbonyl (C=O) groups is 1. The highest BCUT2D eigenvalue weighted by Crippen LogP contribution is 2.36. The van der Waals surface area contributed by atoms with Gasteiger partial charge in [-0.15, -0.1) is 22.7 Å². The molecule has 3 aromatic heterocycles. The van der Waals surface area contributed by atoms with Crippen molar-refractivity contribution in [2.75, 3.05) is 6.61 Å². The number of rotatable bonds is 5. The minimum absolute atomic E-state index is 0.171. The first-order valence-electron chi connectivity index (χ1n) is 10.1. The molecule has 0 bridgehead atoms. The zero-order valence-electron chi connectivity index (χ0n) is 17.4. The average molecular weight is 558 g/mol. The molecule has 1 aliphatic rings. The number of carbonyl (C=O) groups excluding carboxylic acids is 1. The summed E-state index contributed by atoms with van der Waals surface area (Å²) in [7, 11) is 0. The van der Waals surface area contributed by atoms with E-state index >= 15 is 0 Å². The molecule has 1 aliphatic heterocycles. The van der Waals surface area contributed by atoms with Crippen LogP contribution in [0.25, 0.3) is 11.8 Å². The summed E-state index contributed by atoms with van der Waals surface area (Å²) in [5, 5.41) is 1.94. The van der Waals surface area contributed by atoms with Gasteiger partial charge in [0.05, 0.1) is 26.2 Å². The third kappa shape index (κ3) is 4.21. The molecule has 0 N–H and O–H groups in total. The van der Waals surface area contributed by atoms with Gasteiger partial charge in [0.25, 0.3) is 5.56 Å². The molecule has 1 aromatic carbocycles. The van der Waals surface area contributed by atoms with Crippen LogP contribution in [-0.2, 0) is 9.53 Å². The number of hydrogen-bond acceptors (Lipinski definition) is 7. The molecule has 9 heteroatoms. The fourth-order valence-corrected chi connectivity index (χ4v) is 6.95. The molecule has 166 valence electrons. The Bertz CT molecular complexity index is 1530. The molecule has 0 radical (unpaired) electrons. The standard InChI is InChI=1S/C24H17BrN2O3S3/c1-2-30-23(29)19-20(14-7-4-3-5-8-14)26-24-27(21(19)16-9-6-12-31-16)22(28)17(33-24)13-15-10-11-18(25)32-15/h3-13,21H,2H2,1H3/b17-13+/t21-/m0/s1. The monoisotopic (exact) mass is 556 g/mol. The van der Waals surface area contributed by atoms with Crippen LogP contribution in [0.1, 0.15) is 28.3 Å². The second kappa shape index (κ2) is 9.34. The van der Waals surface area contributed by atoms with Crippen molar-refractivity contribution < 1.29 is 9.53 Å². The average Bonchev–Trinajstić information content (AvgIpc) is 3.55. The second-order valence-corrected chi connectivity index (χ2v) is 11.6. The summed E-state index contributed by atoms with van der Waals surface area (Å²) in [6.07, 6.45) is 1.88. The third-order valence-corrected chi connectivity index (χ3v) is 8.53. The number of halogens is 1. The molecule has 0 unspecified atom stereocenters. The SMILES string of the molecule is CCOC(=O)C1=C(c2ccccc2)N=c2s/c(=C/c3ccc(Br)s3)c(=O)n2[C@H]1c1cccs1. The lowest BCUT2D eigenvalue weighted by molar-refractivity contribution is -0.138. The summed E-state index contributed by atoms with van der Waals surface area (Å²) < 4.78 is 8.64. The van der Waals surface area contributed by atoms with E-state index in [4.69, 9.17) is 9.73 Å². The van der Waals surface area contributed by atoms with Crippen molar-refractivity contribution in [2.24, 2.45) is 4.99 Å². The Morgan fingerprint density at radius 3 is 2.64 bits per heavy atom. The van der Waals surface area contributed by atoms with Gasteiger partial charge in [-0.3, -0.25) is 9.36 Å². The van der Waals surface area contributed by atoms with Crippen molar-refractivity contribution in [1.29, 1.82) is 0 Å². The van der Waals surface area contributed by atoms with Crippen LogP contribution in [0.5, 0.6) is 0 Å². The molecular weight excluding hydrogens is 540 g/mol. The topological polar surface area (TPSA) is 60.7 Å². The van der Waals surface area contributed by atoms with Crippen LogP contribution >= 0.6 is 49.9 Å². The van der Waals surface area contributed by atoms with E-state index in [1.54, 1.807) is 22.8 Å². The van der Waals surface area contributed by atoms with Crippen molar-refractivity contribution in [2.45, 2.75) is 13.0 Å². The molecule has 0 saturated carbocycles. The third-order valence-electron chi connectivity index (χ3n) is 5.05. The van der Waals surface area contributed by atoms with E-state index in [1.165, 1.54) is 22.7 Å². The Hall–Kier alpha value is -2.59. The highest BCUT2D eigenvalue weighted by Gasteiger charge is 2.35. The zero-order chi connectivity index (χ0) is 22.9. The van der Waals surface area contributed by atoms with E-state index in [0.717, 1.165) is 19.1 Å². The van der Waals surface area contributed by atoms with Crippen molar-refractivity contribution in [3.05, 3.63) is 104 Å². The Balaban J connectivity index is 1.82. The molecule has 4 aromatic rings. The van der Waals surface area contributed by atoms with Crippen LogP contribution in [0.15, 0.2) is 79.1 Å². The van der Waals surface area contributed by atoms with Crippen LogP contribution in [0.2, 0.25) is 0 Å². The number of hydrogen-bond donors (Lipinski definition) is 0. The van der Waals surface area contributed by atoms with Gasteiger partial charge in [0.15, 0.2) is 4.80 Å². The molecule has 33 heavy (non-hydrogen) atoms. The Kier molecular flexibility index (Phi) is 6.29. The number of fused-ring (bicyclic) bond motifs is 1. The van der Waals surface area contributed by atoms with E-state index in [0.29, 0.717) is 20.6 Å². The lowest BCUT2D eigenvalue weighted by Crippen LogP contribution is -2.39. The predicted octanol–water partition coefficient (Wildman–Crippen LogP) is 4.82. The highest BCUT2D eigenvalue weighted by atomic mass is 79.9. The molecule has 0 amide bonds. The van der Waals surface area contributed by atoms with Crippen molar-refractivity contribution in [1.82, 2.24) is 4.57 Å². The van der Waals surface area contributed by atoms with Gasteiger partial charge in [-0.1, -0.05) is 47.7 Å². The zero-order valence-corrected chi connectivity index (χ0v) is 21.4. The summed E-state index contributed by atoms with van der Waals surface area (Å²) in [5.74, 6) is -0.463. The maximum absolute atomic E-state index is 13.6. The summed E-state index contributed by atoms with van der Waals surface area (Å²) in [4.78, 5) is 34.1. The second-order valence-electron chi connectivity index (χ2n) is 7.09. The van der Waals surface area contributed by atoms with E-state index in [-0.39, 0.29) is 12.2 Å². The predicted molar refractivity (Wildman–Crippen MR) is 137 cm³/mol. The lowest BCUT2D eigenvalue weighted by atomic mass is 9.97. The van der Waals surface area contributed by atoms with Gasteiger partial charge in [-0.2, -0.15) is 0 Å². The van der Waals surface area contributed by atoms with Crippen molar-refractivity contribution >= 4 is 67.7 Å². The molecule has 4 heterocycles. The lowest BCUT2D eigenvalue weighted by Gasteiger charge is -2.24. The summed E-state index contributed by atoms with van der Waals surface area (Å²) in [6.45, 7) is 2.01. The first-order chi connectivity index (χ1) is 16.1. The maximum Gasteiger partial charge on any atom is 0.338 e. The van der Waals surface area contributed by atoms with Gasteiger partial charge in [0.2, 0.25) is 0 Å². The molecular formula is C24H17BrN2O3S3. The normalized spacial score (nSPS) is 15.9. The van der Waals surface area contributed by atoms with Crippen LogP contribution in [0, 0.1) is 0 Å². The van der Waals surface area contributed by atoms with E-state index in [9.17, 15) is 9.59 Å². The van der Waals surface area contributed by atoms with Crippen LogP contribution < -0.4 is 14.9 Å². The quantitative estimate of drug-likeness (QED) is 0.331. The fraction of sp³-hybridized carbons (Fsp3) is 0.125. The van der Waals surface area contributed by atoms with Crippen molar-refractivity contribution in [3.63, 3.8) is 0 Å². The largest absolute Gasteiger partial charge is 0.463 e. The van der Waals surface area contributed by atoms with Crippen LogP contribution in [0.4, 0.5) is 0 Å². The minimum Gasteiger partial charge on any atom is -0.463 e. The maximum atomic E-state index is 13.6. The Morgan fingerprint density at radius 1 is 1.15 bits per heavy atom. The molecule has 5 nitrogen and oxygen atoms in total. The number of esters is 1. The Labute approximate surface area is 209 Å². The van der Waals surface area contributed by atoms with Gasteiger partial charge in [0.1, 0.15) is 6.04 Å². The first-order valence-corrected chi connectivity index (χ1v) is 13.4. The van der Waals surface area contributed by atoms with E-state index < -0.39 is 12.0 Å². The van der Waals surface area contributed by atoms with Gasteiger partial charge in [-0.25, -0.2) is 9.79 Å². The number of aromatic nitrogens is 1.